The predicted octanol–water partition coefficient (Wildman–Crippen LogP) is 5.05. The molecule has 5 nitrogen and oxygen atoms in total. The quantitative estimate of drug-likeness (QED) is 0.423. The van der Waals surface area contributed by atoms with Crippen LogP contribution >= 0.6 is 0 Å². The molecular formula is C17H42O5Si4. The Morgan fingerprint density at radius 3 is 1.42 bits per heavy atom. The summed E-state index contributed by atoms with van der Waals surface area (Å²) in [5, 5.41) is 0. The summed E-state index contributed by atoms with van der Waals surface area (Å²) in [6.45, 7) is 25.9. The van der Waals surface area contributed by atoms with Crippen LogP contribution < -0.4 is 0 Å². The van der Waals surface area contributed by atoms with Crippen LogP contribution in [-0.2, 0) is 22.5 Å². The molecule has 0 spiro atoms. The molecule has 0 rings (SSSR count). The van der Waals surface area contributed by atoms with E-state index in [1.165, 1.54) is 0 Å². The summed E-state index contributed by atoms with van der Waals surface area (Å²) in [4.78, 5) is 12.5. The molecular weight excluding hydrogens is 397 g/mol. The van der Waals surface area contributed by atoms with Gasteiger partial charge in [-0.15, -0.1) is 0 Å². The Labute approximate surface area is 165 Å². The molecule has 0 saturated carbocycles. The molecule has 2 unspecified atom stereocenters. The second kappa shape index (κ2) is 9.62. The average molecular weight is 439 g/mol. The maximum Gasteiger partial charge on any atom is 0.295 e. The van der Waals surface area contributed by atoms with Crippen LogP contribution in [0.4, 0.5) is 0 Å². The maximum atomic E-state index is 12.5. The zero-order chi connectivity index (χ0) is 21.0. The Morgan fingerprint density at radius 1 is 0.654 bits per heavy atom. The summed E-state index contributed by atoms with van der Waals surface area (Å²) in [7, 11) is -7.31. The average Bonchev–Trinajstić information content (AvgIpc) is 2.26. The topological polar surface area (TPSA) is 54.0 Å². The third-order valence-corrected chi connectivity index (χ3v) is 6.79. The fourth-order valence-corrected chi connectivity index (χ4v) is 5.96. The highest BCUT2D eigenvalue weighted by Crippen LogP contribution is 2.22. The van der Waals surface area contributed by atoms with Crippen molar-refractivity contribution in [1.82, 2.24) is 0 Å². The van der Waals surface area contributed by atoms with Crippen LogP contribution in [0.1, 0.15) is 6.42 Å². The van der Waals surface area contributed by atoms with Crippen molar-refractivity contribution in [2.24, 2.45) is 0 Å². The molecule has 26 heavy (non-hydrogen) atoms. The first-order valence-electron chi connectivity index (χ1n) is 9.49. The van der Waals surface area contributed by atoms with Gasteiger partial charge in [0.2, 0.25) is 8.32 Å². The first kappa shape index (κ1) is 26.2. The van der Waals surface area contributed by atoms with E-state index in [-0.39, 0.29) is 24.6 Å². The van der Waals surface area contributed by atoms with E-state index in [4.69, 9.17) is 17.7 Å². The smallest absolute Gasteiger partial charge is 0.295 e. The molecule has 0 aromatic carbocycles. The van der Waals surface area contributed by atoms with Crippen molar-refractivity contribution < 1.29 is 22.5 Å². The molecule has 156 valence electrons. The van der Waals surface area contributed by atoms with Gasteiger partial charge in [-0.05, 0) is 78.6 Å². The third kappa shape index (κ3) is 15.3. The van der Waals surface area contributed by atoms with Gasteiger partial charge in [0, 0.05) is 0 Å². The lowest BCUT2D eigenvalue weighted by molar-refractivity contribution is -0.138. The molecule has 0 N–H and O–H groups in total. The minimum atomic E-state index is -1.93. The van der Waals surface area contributed by atoms with Crippen LogP contribution in [0.25, 0.3) is 0 Å². The van der Waals surface area contributed by atoms with Crippen LogP contribution in [0.15, 0.2) is 0 Å². The molecule has 9 heteroatoms. The van der Waals surface area contributed by atoms with E-state index >= 15 is 0 Å². The lowest BCUT2D eigenvalue weighted by atomic mass is 10.1. The van der Waals surface area contributed by atoms with Crippen molar-refractivity contribution in [2.45, 2.75) is 97.2 Å². The molecule has 0 heterocycles. The fourth-order valence-electron chi connectivity index (χ4n) is 2.25. The number of carbonyl (C=O) groups excluding carboxylic acids is 1. The predicted molar refractivity (Wildman–Crippen MR) is 120 cm³/mol. The number of rotatable bonds is 11. The molecule has 0 saturated heterocycles. The van der Waals surface area contributed by atoms with Gasteiger partial charge in [-0.3, -0.25) is 4.79 Å². The summed E-state index contributed by atoms with van der Waals surface area (Å²) in [6.07, 6.45) is -0.346. The highest BCUT2D eigenvalue weighted by molar-refractivity contribution is 6.71. The van der Waals surface area contributed by atoms with Crippen molar-refractivity contribution in [3.8, 4) is 0 Å². The van der Waals surface area contributed by atoms with Gasteiger partial charge >= 0.3 is 0 Å². The van der Waals surface area contributed by atoms with Crippen molar-refractivity contribution in [2.75, 3.05) is 6.61 Å². The monoisotopic (exact) mass is 438 g/mol. The lowest BCUT2D eigenvalue weighted by Gasteiger charge is -2.37. The number of carbonyl (C=O) groups is 1. The van der Waals surface area contributed by atoms with Gasteiger partial charge in [-0.2, -0.15) is 0 Å². The summed E-state index contributed by atoms with van der Waals surface area (Å²) >= 11 is 0. The van der Waals surface area contributed by atoms with Gasteiger partial charge in [0.1, 0.15) is 0 Å². The van der Waals surface area contributed by atoms with E-state index in [1.54, 1.807) is 0 Å². The van der Waals surface area contributed by atoms with Crippen LogP contribution in [0.5, 0.6) is 0 Å². The summed E-state index contributed by atoms with van der Waals surface area (Å²) in [6, 6.07) is 0. The summed E-state index contributed by atoms with van der Waals surface area (Å²) in [5.41, 5.74) is 0. The Kier molecular flexibility index (Phi) is 9.70. The van der Waals surface area contributed by atoms with E-state index in [0.29, 0.717) is 6.61 Å². The molecule has 0 aliphatic rings. The Bertz CT molecular complexity index is 444. The van der Waals surface area contributed by atoms with Gasteiger partial charge in [0.05, 0.1) is 25.2 Å². The second-order valence-corrected chi connectivity index (χ2v) is 28.6. The third-order valence-electron chi connectivity index (χ3n) is 2.89. The Morgan fingerprint density at radius 2 is 1.08 bits per heavy atom. The van der Waals surface area contributed by atoms with E-state index in [1.807, 2.05) is 19.6 Å². The molecule has 0 aliphatic heterocycles. The summed E-state index contributed by atoms with van der Waals surface area (Å²) < 4.78 is 24.6. The van der Waals surface area contributed by atoms with Crippen LogP contribution in [0.3, 0.4) is 0 Å². The molecule has 0 aromatic rings. The highest BCUT2D eigenvalue weighted by Gasteiger charge is 2.36. The van der Waals surface area contributed by atoms with Gasteiger partial charge in [0.25, 0.3) is 5.97 Å². The van der Waals surface area contributed by atoms with E-state index in [2.05, 4.69) is 58.9 Å². The first-order valence-corrected chi connectivity index (χ1v) is 23.1. The maximum absolute atomic E-state index is 12.5. The zero-order valence-corrected chi connectivity index (χ0v) is 23.1. The molecule has 0 aliphatic carbocycles. The zero-order valence-electron chi connectivity index (χ0n) is 19.1. The Hall–Kier alpha value is 0.218. The van der Waals surface area contributed by atoms with Crippen molar-refractivity contribution in [3.05, 3.63) is 0 Å². The second-order valence-electron chi connectivity index (χ2n) is 10.8. The lowest BCUT2D eigenvalue weighted by Crippen LogP contribution is -2.49. The van der Waals surface area contributed by atoms with Gasteiger partial charge in [0.15, 0.2) is 25.0 Å². The largest absolute Gasteiger partial charge is 0.520 e. The minimum absolute atomic E-state index is 0.190. The number of hydrogen-bond acceptors (Lipinski definition) is 5. The van der Waals surface area contributed by atoms with Crippen LogP contribution in [-0.4, -0.2) is 58.1 Å². The normalized spacial score (nSPS) is 16.3. The van der Waals surface area contributed by atoms with E-state index in [0.717, 1.165) is 0 Å². The van der Waals surface area contributed by atoms with Gasteiger partial charge < -0.3 is 17.7 Å². The van der Waals surface area contributed by atoms with E-state index in [9.17, 15) is 4.79 Å². The van der Waals surface area contributed by atoms with Gasteiger partial charge in [-0.25, -0.2) is 0 Å². The van der Waals surface area contributed by atoms with Gasteiger partial charge in [-0.1, -0.05) is 0 Å². The fraction of sp³-hybridized carbons (Fsp3) is 0.941. The molecule has 0 aromatic heterocycles. The molecule has 2 atom stereocenters. The molecule has 0 amide bonds. The van der Waals surface area contributed by atoms with Crippen LogP contribution in [0.2, 0.25) is 78.6 Å². The van der Waals surface area contributed by atoms with Crippen LogP contribution in [0, 0.1) is 0 Å². The number of hydrogen-bond donors (Lipinski definition) is 0. The van der Waals surface area contributed by atoms with Crippen molar-refractivity contribution in [1.29, 1.82) is 0 Å². The first-order chi connectivity index (χ1) is 11.3. The van der Waals surface area contributed by atoms with E-state index < -0.39 is 33.3 Å². The summed E-state index contributed by atoms with van der Waals surface area (Å²) in [5.74, 6) is -0.190. The highest BCUT2D eigenvalue weighted by atomic mass is 28.4. The minimum Gasteiger partial charge on any atom is -0.520 e. The molecule has 0 radical (unpaired) electrons. The molecule has 0 bridgehead atoms. The van der Waals surface area contributed by atoms with Crippen molar-refractivity contribution >= 4 is 39.2 Å². The SMILES string of the molecule is C[Si](C)(C)OCC(O[Si](C)(C)C)C(CC(=O)O[Si](C)(C)C)O[Si](C)(C)C. The standard InChI is InChI=1S/C17H42O5Si4/c1-23(2,3)19-14-16(21-25(7,8)9)15(20-24(4,5)6)13-17(18)22-26(10,11)12/h15-16H,13-14H2,1-12H3. The molecule has 0 fully saturated rings. The van der Waals surface area contributed by atoms with Crippen molar-refractivity contribution in [3.63, 3.8) is 0 Å². The Balaban J connectivity index is 5.44.